The van der Waals surface area contributed by atoms with Crippen LogP contribution < -0.4 is 20.1 Å². The third-order valence-corrected chi connectivity index (χ3v) is 10.3. The topological polar surface area (TPSA) is 475 Å². The van der Waals surface area contributed by atoms with E-state index in [1.165, 1.54) is 24.3 Å². The van der Waals surface area contributed by atoms with E-state index in [0.29, 0.717) is 0 Å². The van der Waals surface area contributed by atoms with Crippen molar-refractivity contribution in [3.63, 3.8) is 0 Å². The number of aliphatic hydroxyl groups is 3. The Morgan fingerprint density at radius 3 is 0.880 bits per heavy atom. The normalized spacial score (nSPS) is 12.0. The lowest BCUT2D eigenvalue weighted by Gasteiger charge is -2.18. The Kier molecular flexibility index (Phi) is 31.3. The van der Waals surface area contributed by atoms with Crippen molar-refractivity contribution in [3.05, 3.63) is 97.1 Å². The zero-order valence-corrected chi connectivity index (χ0v) is 43.6. The number of rotatable bonds is 29. The summed E-state index contributed by atoms with van der Waals surface area (Å²) in [6.45, 7) is 7.30. The van der Waals surface area contributed by atoms with Crippen molar-refractivity contribution in [2.75, 3.05) is 13.1 Å². The summed E-state index contributed by atoms with van der Waals surface area (Å²) in [5, 5.41) is 108. The van der Waals surface area contributed by atoms with E-state index in [9.17, 15) is 69.5 Å². The van der Waals surface area contributed by atoms with Gasteiger partial charge in [-0.05, 0) is 75.2 Å². The van der Waals surface area contributed by atoms with Gasteiger partial charge < -0.3 is 90.5 Å². The van der Waals surface area contributed by atoms with E-state index in [4.69, 9.17) is 61.3 Å². The van der Waals surface area contributed by atoms with Crippen LogP contribution in [0.4, 0.5) is 26.3 Å². The van der Waals surface area contributed by atoms with E-state index in [1.807, 2.05) is 35.4 Å². The molecule has 0 saturated carbocycles. The minimum Gasteiger partial charge on any atom is -0.481 e. The average molecular weight is 1200 g/mol. The van der Waals surface area contributed by atoms with Crippen molar-refractivity contribution in [1.82, 2.24) is 29.7 Å². The molecule has 462 valence electrons. The first kappa shape index (κ1) is 74.1. The van der Waals surface area contributed by atoms with E-state index in [1.54, 1.807) is 49.3 Å². The molecule has 2 heterocycles. The average Bonchev–Trinajstić information content (AvgIpc) is 4.09. The van der Waals surface area contributed by atoms with Gasteiger partial charge in [0.15, 0.2) is 16.8 Å². The number of hydrogen-bond acceptors (Lipinski definition) is 18. The van der Waals surface area contributed by atoms with Gasteiger partial charge in [0.2, 0.25) is 0 Å². The first-order chi connectivity index (χ1) is 38.2. The number of nitrogens with zero attached hydrogens (tertiary/aromatic N) is 4. The Hall–Kier alpha value is -8.93. The second kappa shape index (κ2) is 35.0. The summed E-state index contributed by atoms with van der Waals surface area (Å²) in [5.41, 5.74) is -6.39. The minimum atomic E-state index is -4.65. The molecule has 2 unspecified atom stereocenters. The van der Waals surface area contributed by atoms with Gasteiger partial charge >= 0.3 is 66.4 Å². The van der Waals surface area contributed by atoms with Crippen LogP contribution in [0.5, 0.6) is 11.5 Å². The second-order valence-electron chi connectivity index (χ2n) is 17.3. The number of carboxylic acids is 9. The van der Waals surface area contributed by atoms with Crippen LogP contribution in [0.25, 0.3) is 0 Å². The highest BCUT2D eigenvalue weighted by molar-refractivity contribution is 5.89. The summed E-state index contributed by atoms with van der Waals surface area (Å²) in [6, 6.07) is 12.0. The van der Waals surface area contributed by atoms with Crippen LogP contribution in [0.3, 0.4) is 0 Å². The molecule has 4 aromatic rings. The molecule has 0 aliphatic rings. The fourth-order valence-electron chi connectivity index (χ4n) is 6.29. The van der Waals surface area contributed by atoms with Crippen LogP contribution in [-0.2, 0) is 56.2 Å². The van der Waals surface area contributed by atoms with E-state index in [0.717, 1.165) is 50.1 Å². The van der Waals surface area contributed by atoms with Gasteiger partial charge in [-0.3, -0.25) is 28.8 Å². The Morgan fingerprint density at radius 2 is 0.699 bits per heavy atom. The number of aryl methyl sites for hydroxylation is 2. The highest BCUT2D eigenvalue weighted by Crippen LogP contribution is 2.26. The molecule has 2 aromatic carbocycles. The summed E-state index contributed by atoms with van der Waals surface area (Å²) in [5.74, 6) is -15.5. The van der Waals surface area contributed by atoms with Crippen molar-refractivity contribution in [3.8, 4) is 11.5 Å². The molecule has 0 bridgehead atoms. The van der Waals surface area contributed by atoms with Crippen molar-refractivity contribution in [2.24, 2.45) is 0 Å². The maximum Gasteiger partial charge on any atom is 0.573 e. The molecule has 83 heavy (non-hydrogen) atoms. The molecular formula is C48H60F6N6O23. The second-order valence-corrected chi connectivity index (χ2v) is 17.3. The molecule has 29 nitrogen and oxygen atoms in total. The van der Waals surface area contributed by atoms with Gasteiger partial charge in [-0.15, -0.1) is 26.3 Å². The van der Waals surface area contributed by atoms with Crippen LogP contribution in [0.1, 0.15) is 88.4 Å². The summed E-state index contributed by atoms with van der Waals surface area (Å²) in [7, 11) is 0. The van der Waals surface area contributed by atoms with Gasteiger partial charge in [0.05, 0.1) is 51.2 Å². The zero-order valence-electron chi connectivity index (χ0n) is 43.6. The fraction of sp³-hybridized carbons (Fsp3) is 0.438. The van der Waals surface area contributed by atoms with Gasteiger partial charge in [-0.2, -0.15) is 0 Å². The van der Waals surface area contributed by atoms with Gasteiger partial charge in [0, 0.05) is 50.0 Å². The molecule has 2 atom stereocenters. The number of aliphatic carboxylic acids is 9. The number of hydrogen-bond donors (Lipinski definition) is 14. The van der Waals surface area contributed by atoms with Gasteiger partial charge in [-0.25, -0.2) is 24.4 Å². The Labute approximate surface area is 464 Å². The maximum absolute atomic E-state index is 12.1. The van der Waals surface area contributed by atoms with Crippen LogP contribution in [0.15, 0.2) is 86.0 Å². The summed E-state index contributed by atoms with van der Waals surface area (Å²) >= 11 is 0. The van der Waals surface area contributed by atoms with E-state index < -0.39 is 122 Å². The molecule has 0 radical (unpaired) electrons. The summed E-state index contributed by atoms with van der Waals surface area (Å²) in [4.78, 5) is 99.4. The lowest BCUT2D eigenvalue weighted by Crippen LogP contribution is -2.42. The molecule has 0 amide bonds. The summed E-state index contributed by atoms with van der Waals surface area (Å²) < 4.78 is 84.2. The molecule has 0 saturated heterocycles. The predicted molar refractivity (Wildman–Crippen MR) is 264 cm³/mol. The number of alkyl halides is 6. The van der Waals surface area contributed by atoms with Crippen LogP contribution in [-0.4, -0.2) is 177 Å². The lowest BCUT2D eigenvalue weighted by atomic mass is 9.96. The first-order valence-electron chi connectivity index (χ1n) is 23.5. The minimum absolute atomic E-state index is 0.0581. The van der Waals surface area contributed by atoms with Gasteiger partial charge in [0.1, 0.15) is 11.5 Å². The highest BCUT2D eigenvalue weighted by Gasteiger charge is 2.43. The monoisotopic (exact) mass is 1200 g/mol. The number of imidazole rings is 2. The number of nitrogens with one attached hydrogen (secondary N) is 2. The maximum atomic E-state index is 12.1. The number of carbonyl (C=O) groups is 9. The van der Waals surface area contributed by atoms with Crippen LogP contribution in [0.2, 0.25) is 0 Å². The standard InChI is InChI=1S/2C15H18F3N3O.3C6H8O7/c2*1-12(20-7-2-9-21-10-8-19-11-21)13-3-5-14(6-4-13)22-15(16,17)18;3*7-3(8)1-6(13,5(11)12)2-4(9)10/h2*3-6,8,10-12,20H,2,7,9H2,1H3;3*13H,1-2H2,(H,7,8)(H,9,10)(H,11,12). The SMILES string of the molecule is CC(NCCCn1ccnc1)c1ccc(OC(F)(F)F)cc1.CC(NCCCn1ccnc1)c1ccc(OC(F)(F)F)cc1.O=C(O)CC(O)(CC(=O)O)C(=O)O.O=C(O)CC(O)(CC(=O)O)C(=O)O.O=C(O)CC(O)(CC(=O)O)C(=O)O. The first-order valence-corrected chi connectivity index (χ1v) is 23.5. The van der Waals surface area contributed by atoms with Gasteiger partial charge in [-0.1, -0.05) is 24.3 Å². The van der Waals surface area contributed by atoms with E-state index >= 15 is 0 Å². The lowest BCUT2D eigenvalue weighted by molar-refractivity contribution is -0.275. The van der Waals surface area contributed by atoms with Gasteiger partial charge in [0.25, 0.3) is 0 Å². The quantitative estimate of drug-likeness (QED) is 0.0274. The Bertz CT molecular complexity index is 2400. The third kappa shape index (κ3) is 33.4. The number of carboxylic acid groups (broad SMARTS) is 9. The predicted octanol–water partition coefficient (Wildman–Crippen LogP) is 3.30. The zero-order chi connectivity index (χ0) is 63.9. The van der Waals surface area contributed by atoms with Crippen molar-refractivity contribution >= 4 is 53.7 Å². The smallest absolute Gasteiger partial charge is 0.481 e. The molecule has 14 N–H and O–H groups in total. The van der Waals surface area contributed by atoms with Crippen molar-refractivity contribution in [2.45, 2.75) is 120 Å². The van der Waals surface area contributed by atoms with E-state index in [-0.39, 0.29) is 23.6 Å². The molecular weight excluding hydrogens is 1140 g/mol. The Balaban J connectivity index is 0.00000104. The summed E-state index contributed by atoms with van der Waals surface area (Å²) in [6.07, 6.45) is -3.47. The molecule has 35 heteroatoms. The molecule has 0 fully saturated rings. The number of benzene rings is 2. The Morgan fingerprint density at radius 1 is 0.458 bits per heavy atom. The number of halogens is 6. The van der Waals surface area contributed by atoms with E-state index in [2.05, 4.69) is 30.1 Å². The molecule has 2 aromatic heterocycles. The van der Waals surface area contributed by atoms with Crippen LogP contribution in [0, 0.1) is 0 Å². The molecule has 4 rings (SSSR count). The fourth-order valence-corrected chi connectivity index (χ4v) is 6.29. The van der Waals surface area contributed by atoms with Crippen LogP contribution >= 0.6 is 0 Å². The number of aromatic nitrogens is 4. The van der Waals surface area contributed by atoms with Crippen molar-refractivity contribution in [1.29, 1.82) is 0 Å². The molecule has 0 aliphatic carbocycles. The molecule has 0 spiro atoms. The van der Waals surface area contributed by atoms with Crippen molar-refractivity contribution < 1.29 is 140 Å². The third-order valence-electron chi connectivity index (χ3n) is 10.3. The highest BCUT2D eigenvalue weighted by atomic mass is 19.4. The number of ether oxygens (including phenoxy) is 2. The molecule has 0 aliphatic heterocycles. The largest absolute Gasteiger partial charge is 0.573 e.